The number of halogens is 1. The van der Waals surface area contributed by atoms with Gasteiger partial charge in [-0.3, -0.25) is 4.79 Å². The fraction of sp³-hybridized carbons (Fsp3) is 0.214. The van der Waals surface area contributed by atoms with Crippen LogP contribution in [0, 0.1) is 0 Å². The Morgan fingerprint density at radius 1 is 1.05 bits per heavy atom. The highest BCUT2D eigenvalue weighted by molar-refractivity contribution is 6.30. The summed E-state index contributed by atoms with van der Waals surface area (Å²) < 4.78 is 6.06. The fourth-order valence-electron chi connectivity index (χ4n) is 3.97. The molecule has 4 rings (SSSR count). The molecule has 196 valence electrons. The highest BCUT2D eigenvalue weighted by atomic mass is 35.5. The Labute approximate surface area is 224 Å². The Hall–Kier alpha value is -4.21. The van der Waals surface area contributed by atoms with Crippen LogP contribution in [0.4, 0.5) is 0 Å². The molecule has 9 nitrogen and oxygen atoms in total. The first-order valence-electron chi connectivity index (χ1n) is 12.0. The largest absolute Gasteiger partial charge is 0.493 e. The summed E-state index contributed by atoms with van der Waals surface area (Å²) in [4.78, 5) is 29.3. The number of benzene rings is 2. The average Bonchev–Trinajstić information content (AvgIpc) is 3.31. The van der Waals surface area contributed by atoms with Crippen LogP contribution in [-0.4, -0.2) is 55.6 Å². The van der Waals surface area contributed by atoms with Crippen molar-refractivity contribution in [3.05, 3.63) is 95.3 Å². The summed E-state index contributed by atoms with van der Waals surface area (Å²) >= 11 is 6.11. The molecule has 0 saturated heterocycles. The highest BCUT2D eigenvalue weighted by Gasteiger charge is 2.25. The first-order chi connectivity index (χ1) is 18.3. The van der Waals surface area contributed by atoms with Crippen LogP contribution in [0.25, 0.3) is 16.9 Å². The van der Waals surface area contributed by atoms with E-state index < -0.39 is 24.0 Å². The highest BCUT2D eigenvalue weighted by Crippen LogP contribution is 2.24. The van der Waals surface area contributed by atoms with Crippen molar-refractivity contribution in [3.63, 3.8) is 0 Å². The zero-order valence-electron chi connectivity index (χ0n) is 20.6. The Balaban J connectivity index is 1.52. The molecule has 3 N–H and O–H groups in total. The third-order valence-electron chi connectivity index (χ3n) is 5.79. The number of carbonyl (C=O) groups excluding carboxylic acids is 2. The van der Waals surface area contributed by atoms with Gasteiger partial charge in [-0.15, -0.1) is 0 Å². The Morgan fingerprint density at radius 2 is 1.84 bits per heavy atom. The van der Waals surface area contributed by atoms with Gasteiger partial charge in [-0.25, -0.2) is 9.78 Å². The molecule has 0 aliphatic rings. The Bertz CT molecular complexity index is 1390. The molecule has 38 heavy (non-hydrogen) atoms. The number of amides is 1. The lowest BCUT2D eigenvalue weighted by atomic mass is 9.97. The van der Waals surface area contributed by atoms with E-state index in [4.69, 9.17) is 16.3 Å². The van der Waals surface area contributed by atoms with Gasteiger partial charge in [-0.05, 0) is 54.3 Å². The van der Waals surface area contributed by atoms with Gasteiger partial charge in [0.15, 0.2) is 17.6 Å². The average molecular weight is 535 g/mol. The molecule has 0 aliphatic carbocycles. The molecule has 0 saturated carbocycles. The number of carbonyl (C=O) groups is 2. The summed E-state index contributed by atoms with van der Waals surface area (Å²) in [7, 11) is 0. The van der Waals surface area contributed by atoms with Crippen molar-refractivity contribution in [2.24, 2.45) is 0 Å². The van der Waals surface area contributed by atoms with Crippen molar-refractivity contribution < 1.29 is 24.5 Å². The van der Waals surface area contributed by atoms with Crippen LogP contribution in [0.1, 0.15) is 29.4 Å². The van der Waals surface area contributed by atoms with Crippen LogP contribution in [0.5, 0.6) is 5.88 Å². The molecular formula is C28H27ClN4O5. The van der Waals surface area contributed by atoms with Gasteiger partial charge in [0, 0.05) is 29.7 Å². The second-order valence-corrected chi connectivity index (χ2v) is 9.01. The lowest BCUT2D eigenvalue weighted by molar-refractivity contribution is -0.153. The molecule has 10 heteroatoms. The summed E-state index contributed by atoms with van der Waals surface area (Å²) in [6.45, 7) is 1.78. The Kier molecular flexibility index (Phi) is 8.73. The number of aromatic hydroxyl groups is 1. The van der Waals surface area contributed by atoms with E-state index in [1.807, 2.05) is 42.5 Å². The molecule has 4 aromatic rings. The minimum absolute atomic E-state index is 0.0416. The van der Waals surface area contributed by atoms with Crippen LogP contribution < -0.4 is 5.32 Å². The number of aromatic nitrogens is 3. The van der Waals surface area contributed by atoms with E-state index in [9.17, 15) is 19.8 Å². The molecule has 0 fully saturated rings. The van der Waals surface area contributed by atoms with Gasteiger partial charge in [0.05, 0.1) is 6.61 Å². The van der Waals surface area contributed by atoms with Gasteiger partial charge in [0.2, 0.25) is 5.88 Å². The number of rotatable bonds is 10. The summed E-state index contributed by atoms with van der Waals surface area (Å²) in [6, 6.07) is 20.9. The first-order valence-corrected chi connectivity index (χ1v) is 12.4. The molecule has 0 bridgehead atoms. The monoisotopic (exact) mass is 534 g/mol. The molecule has 0 spiro atoms. The van der Waals surface area contributed by atoms with Crippen LogP contribution in [0.3, 0.4) is 0 Å². The van der Waals surface area contributed by atoms with Gasteiger partial charge < -0.3 is 20.3 Å². The third kappa shape index (κ3) is 6.76. The van der Waals surface area contributed by atoms with Crippen LogP contribution in [0.15, 0.2) is 79.0 Å². The zero-order valence-corrected chi connectivity index (χ0v) is 21.4. The molecule has 2 aromatic heterocycles. The van der Waals surface area contributed by atoms with Crippen molar-refractivity contribution in [1.82, 2.24) is 20.1 Å². The number of nitrogens with one attached hydrogen (secondary N) is 1. The van der Waals surface area contributed by atoms with E-state index in [-0.39, 0.29) is 24.6 Å². The van der Waals surface area contributed by atoms with Gasteiger partial charge in [0.25, 0.3) is 5.91 Å². The number of nitrogens with zero attached hydrogens (tertiary/aromatic N) is 3. The van der Waals surface area contributed by atoms with Gasteiger partial charge in [-0.1, -0.05) is 54.1 Å². The maximum absolute atomic E-state index is 13.1. The lowest BCUT2D eigenvalue weighted by Gasteiger charge is -2.21. The van der Waals surface area contributed by atoms with E-state index in [1.165, 1.54) is 6.07 Å². The lowest BCUT2D eigenvalue weighted by Crippen LogP contribution is -2.41. The SMILES string of the molecule is CCOC(=O)C(O)C[C@@H](Cc1ccc(-c2cccc(Cl)c2)cc1)NC(=O)c1cc(O)n(-c2ccccn2)n1. The number of ether oxygens (including phenoxy) is 1. The molecular weight excluding hydrogens is 508 g/mol. The third-order valence-corrected chi connectivity index (χ3v) is 6.02. The van der Waals surface area contributed by atoms with Crippen LogP contribution >= 0.6 is 11.6 Å². The van der Waals surface area contributed by atoms with E-state index in [0.29, 0.717) is 17.3 Å². The molecule has 0 radical (unpaired) electrons. The number of aliphatic hydroxyl groups is 1. The zero-order chi connectivity index (χ0) is 27.1. The summed E-state index contributed by atoms with van der Waals surface area (Å²) in [6.07, 6.45) is 0.365. The van der Waals surface area contributed by atoms with E-state index in [1.54, 1.807) is 37.4 Å². The van der Waals surface area contributed by atoms with Crippen molar-refractivity contribution >= 4 is 23.5 Å². The number of aliphatic hydroxyl groups excluding tert-OH is 1. The first kappa shape index (κ1) is 26.8. The van der Waals surface area contributed by atoms with E-state index in [0.717, 1.165) is 21.4 Å². The minimum Gasteiger partial charge on any atom is -0.493 e. The smallest absolute Gasteiger partial charge is 0.335 e. The maximum atomic E-state index is 13.1. The predicted octanol–water partition coefficient (Wildman–Crippen LogP) is 3.95. The van der Waals surface area contributed by atoms with Gasteiger partial charge in [0.1, 0.15) is 0 Å². The number of hydrogen-bond donors (Lipinski definition) is 3. The molecule has 1 unspecified atom stereocenters. The second kappa shape index (κ2) is 12.4. The summed E-state index contributed by atoms with van der Waals surface area (Å²) in [5.74, 6) is -1.25. The Morgan fingerprint density at radius 3 is 2.53 bits per heavy atom. The number of pyridine rings is 1. The van der Waals surface area contributed by atoms with Crippen molar-refractivity contribution in [3.8, 4) is 22.8 Å². The summed E-state index contributed by atoms with van der Waals surface area (Å²) in [5.41, 5.74) is 2.77. The van der Waals surface area contributed by atoms with Gasteiger partial charge >= 0.3 is 5.97 Å². The van der Waals surface area contributed by atoms with Crippen molar-refractivity contribution in [2.75, 3.05) is 6.61 Å². The molecule has 0 aliphatic heterocycles. The second-order valence-electron chi connectivity index (χ2n) is 8.57. The number of hydrogen-bond acceptors (Lipinski definition) is 7. The van der Waals surface area contributed by atoms with E-state index >= 15 is 0 Å². The molecule has 2 aromatic carbocycles. The number of esters is 1. The molecule has 2 heterocycles. The topological polar surface area (TPSA) is 127 Å². The maximum Gasteiger partial charge on any atom is 0.335 e. The minimum atomic E-state index is -1.43. The van der Waals surface area contributed by atoms with Crippen molar-refractivity contribution in [1.29, 1.82) is 0 Å². The quantitative estimate of drug-likeness (QED) is 0.263. The normalized spacial score (nSPS) is 12.5. The van der Waals surface area contributed by atoms with Crippen LogP contribution in [0.2, 0.25) is 5.02 Å². The standard InChI is InChI=1S/C28H27ClN4O5/c1-2-38-28(37)24(34)16-22(14-18-9-11-19(12-10-18)20-6-5-7-21(29)15-20)31-27(36)23-17-26(35)33(32-23)25-8-3-4-13-30-25/h3-13,15,17,22,24,34-35H,2,14,16H2,1H3,(H,31,36)/t22-,24?/m1/s1. The van der Waals surface area contributed by atoms with Crippen molar-refractivity contribution in [2.45, 2.75) is 31.9 Å². The van der Waals surface area contributed by atoms with Crippen LogP contribution in [-0.2, 0) is 16.0 Å². The fourth-order valence-corrected chi connectivity index (χ4v) is 4.16. The van der Waals surface area contributed by atoms with Gasteiger partial charge in [-0.2, -0.15) is 9.78 Å². The molecule has 1 amide bonds. The predicted molar refractivity (Wildman–Crippen MR) is 142 cm³/mol. The summed E-state index contributed by atoms with van der Waals surface area (Å²) in [5, 5.41) is 28.3. The van der Waals surface area contributed by atoms with E-state index in [2.05, 4.69) is 15.4 Å². The molecule has 2 atom stereocenters.